The van der Waals surface area contributed by atoms with Gasteiger partial charge in [0.05, 0.1) is 21.2 Å². The number of carbonyl (C=O) groups excluding carboxylic acids is 1. The van der Waals surface area contributed by atoms with Crippen LogP contribution in [0.2, 0.25) is 5.02 Å². The summed E-state index contributed by atoms with van der Waals surface area (Å²) in [4.78, 5) is 14.9. The highest BCUT2D eigenvalue weighted by Gasteiger charge is 2.31. The molecule has 11 heteroatoms. The van der Waals surface area contributed by atoms with E-state index in [0.29, 0.717) is 32.7 Å². The number of sulfonamides is 1. The van der Waals surface area contributed by atoms with E-state index in [-0.39, 0.29) is 21.2 Å². The number of anilines is 1. The summed E-state index contributed by atoms with van der Waals surface area (Å²) >= 11 is 5.96. The number of alkyl halides is 3. The van der Waals surface area contributed by atoms with Crippen LogP contribution in [0.5, 0.6) is 0 Å². The lowest BCUT2D eigenvalue weighted by Crippen LogP contribution is -2.48. The standard InChI is InChI=1S/C25H23ClF3N3O3S/c26-22-11-10-20(25(27,28)29)16-23(22)30-24(33)19-8-6-18(7-9-19)17-31-12-14-32(15-13-31)36(34,35)21-4-2-1-3-5-21/h1-11,16H,12-15,17H2,(H,30,33). The van der Waals surface area contributed by atoms with Crippen molar-refractivity contribution in [3.63, 3.8) is 0 Å². The summed E-state index contributed by atoms with van der Waals surface area (Å²) in [6, 6.07) is 17.8. The summed E-state index contributed by atoms with van der Waals surface area (Å²) in [5.41, 5.74) is 0.159. The van der Waals surface area contributed by atoms with Gasteiger partial charge < -0.3 is 5.32 Å². The van der Waals surface area contributed by atoms with Gasteiger partial charge in [0, 0.05) is 38.3 Å². The van der Waals surface area contributed by atoms with E-state index in [2.05, 4.69) is 10.2 Å². The van der Waals surface area contributed by atoms with Gasteiger partial charge in [-0.05, 0) is 48.0 Å². The van der Waals surface area contributed by atoms with E-state index in [1.165, 1.54) is 4.31 Å². The predicted octanol–water partition coefficient (Wildman–Crippen LogP) is 5.12. The van der Waals surface area contributed by atoms with Crippen LogP contribution in [-0.2, 0) is 22.7 Å². The molecule has 0 aliphatic carbocycles. The van der Waals surface area contributed by atoms with Gasteiger partial charge in [0.25, 0.3) is 5.91 Å². The second kappa shape index (κ2) is 10.6. The van der Waals surface area contributed by atoms with Gasteiger partial charge in [-0.15, -0.1) is 0 Å². The molecule has 1 aliphatic rings. The van der Waals surface area contributed by atoms with E-state index in [1.54, 1.807) is 54.6 Å². The smallest absolute Gasteiger partial charge is 0.321 e. The zero-order valence-electron chi connectivity index (χ0n) is 19.0. The summed E-state index contributed by atoms with van der Waals surface area (Å²) in [5.74, 6) is -0.581. The number of halogens is 4. The van der Waals surface area contributed by atoms with Crippen LogP contribution in [0.1, 0.15) is 21.5 Å². The van der Waals surface area contributed by atoms with Gasteiger partial charge in [0.2, 0.25) is 10.0 Å². The Kier molecular flexibility index (Phi) is 7.70. The maximum Gasteiger partial charge on any atom is 0.416 e. The molecule has 0 saturated carbocycles. The van der Waals surface area contributed by atoms with Crippen molar-refractivity contribution in [2.75, 3.05) is 31.5 Å². The minimum atomic E-state index is -4.55. The molecule has 0 radical (unpaired) electrons. The van der Waals surface area contributed by atoms with Crippen LogP contribution >= 0.6 is 11.6 Å². The first kappa shape index (κ1) is 26.2. The summed E-state index contributed by atoms with van der Waals surface area (Å²) < 4.78 is 65.9. The normalized spacial score (nSPS) is 15.6. The minimum Gasteiger partial charge on any atom is -0.321 e. The van der Waals surface area contributed by atoms with Crippen molar-refractivity contribution < 1.29 is 26.4 Å². The Balaban J connectivity index is 1.34. The van der Waals surface area contributed by atoms with Crippen LogP contribution in [0.4, 0.5) is 18.9 Å². The number of piperazine rings is 1. The number of nitrogens with one attached hydrogen (secondary N) is 1. The summed E-state index contributed by atoms with van der Waals surface area (Å²) in [7, 11) is -3.52. The van der Waals surface area contributed by atoms with E-state index in [0.717, 1.165) is 23.8 Å². The Bertz CT molecular complexity index is 1330. The van der Waals surface area contributed by atoms with Crippen LogP contribution in [0.15, 0.2) is 77.7 Å². The number of benzene rings is 3. The van der Waals surface area contributed by atoms with Crippen molar-refractivity contribution in [1.29, 1.82) is 0 Å². The Hall–Kier alpha value is -2.92. The van der Waals surface area contributed by atoms with E-state index in [9.17, 15) is 26.4 Å². The molecular formula is C25H23ClF3N3O3S. The second-order valence-electron chi connectivity index (χ2n) is 8.34. The number of rotatable bonds is 6. The fourth-order valence-electron chi connectivity index (χ4n) is 3.88. The third-order valence-electron chi connectivity index (χ3n) is 5.88. The third-order valence-corrected chi connectivity index (χ3v) is 8.12. The molecule has 0 spiro atoms. The molecule has 1 fully saturated rings. The van der Waals surface area contributed by atoms with Crippen LogP contribution in [0, 0.1) is 0 Å². The summed E-state index contributed by atoms with van der Waals surface area (Å²) in [5, 5.41) is 2.43. The molecule has 36 heavy (non-hydrogen) atoms. The second-order valence-corrected chi connectivity index (χ2v) is 10.7. The van der Waals surface area contributed by atoms with Gasteiger partial charge in [0.15, 0.2) is 0 Å². The minimum absolute atomic E-state index is 0.00129. The van der Waals surface area contributed by atoms with Gasteiger partial charge in [-0.1, -0.05) is 41.9 Å². The third kappa shape index (κ3) is 6.07. The van der Waals surface area contributed by atoms with Gasteiger partial charge in [-0.25, -0.2) is 8.42 Å². The summed E-state index contributed by atoms with van der Waals surface area (Å²) in [6.45, 7) is 2.43. The molecular weight excluding hydrogens is 515 g/mol. The van der Waals surface area contributed by atoms with Crippen molar-refractivity contribution in [1.82, 2.24) is 9.21 Å². The highest BCUT2D eigenvalue weighted by Crippen LogP contribution is 2.34. The van der Waals surface area contributed by atoms with Crippen LogP contribution in [0.3, 0.4) is 0 Å². The average Bonchev–Trinajstić information content (AvgIpc) is 2.86. The fraction of sp³-hybridized carbons (Fsp3) is 0.240. The molecule has 1 saturated heterocycles. The molecule has 1 amide bonds. The van der Waals surface area contributed by atoms with Gasteiger partial charge in [-0.2, -0.15) is 17.5 Å². The van der Waals surface area contributed by atoms with Crippen molar-refractivity contribution in [3.05, 3.63) is 94.5 Å². The molecule has 1 aliphatic heterocycles. The van der Waals surface area contributed by atoms with E-state index >= 15 is 0 Å². The Morgan fingerprint density at radius 2 is 1.56 bits per heavy atom. The van der Waals surface area contributed by atoms with E-state index < -0.39 is 27.7 Å². The van der Waals surface area contributed by atoms with Crippen LogP contribution in [0.25, 0.3) is 0 Å². The fourth-order valence-corrected chi connectivity index (χ4v) is 5.49. The SMILES string of the molecule is O=C(Nc1cc(C(F)(F)F)ccc1Cl)c1ccc(CN2CCN(S(=O)(=O)c3ccccc3)CC2)cc1. The number of hydrogen-bond acceptors (Lipinski definition) is 4. The van der Waals surface area contributed by atoms with Crippen molar-refractivity contribution >= 4 is 33.2 Å². The van der Waals surface area contributed by atoms with E-state index in [4.69, 9.17) is 11.6 Å². The molecule has 0 atom stereocenters. The highest BCUT2D eigenvalue weighted by atomic mass is 35.5. The average molecular weight is 538 g/mol. The lowest BCUT2D eigenvalue weighted by Gasteiger charge is -2.34. The molecule has 0 aromatic heterocycles. The van der Waals surface area contributed by atoms with Crippen LogP contribution in [-0.4, -0.2) is 49.7 Å². The first-order chi connectivity index (χ1) is 17.0. The van der Waals surface area contributed by atoms with Crippen molar-refractivity contribution in [2.45, 2.75) is 17.6 Å². The molecule has 3 aromatic rings. The largest absolute Gasteiger partial charge is 0.416 e. The number of amides is 1. The molecule has 1 heterocycles. The highest BCUT2D eigenvalue weighted by molar-refractivity contribution is 7.89. The lowest BCUT2D eigenvalue weighted by molar-refractivity contribution is -0.137. The predicted molar refractivity (Wildman–Crippen MR) is 131 cm³/mol. The molecule has 0 unspecified atom stereocenters. The number of nitrogens with zero attached hydrogens (tertiary/aromatic N) is 2. The molecule has 6 nitrogen and oxygen atoms in total. The quantitative estimate of drug-likeness (QED) is 0.474. The monoisotopic (exact) mass is 537 g/mol. The first-order valence-electron chi connectivity index (χ1n) is 11.1. The molecule has 4 rings (SSSR count). The molecule has 1 N–H and O–H groups in total. The van der Waals surface area contributed by atoms with Crippen molar-refractivity contribution in [3.8, 4) is 0 Å². The van der Waals surface area contributed by atoms with E-state index in [1.807, 2.05) is 0 Å². The zero-order chi connectivity index (χ0) is 25.9. The van der Waals surface area contributed by atoms with Gasteiger partial charge in [-0.3, -0.25) is 9.69 Å². The van der Waals surface area contributed by atoms with Gasteiger partial charge >= 0.3 is 6.18 Å². The number of carbonyl (C=O) groups is 1. The topological polar surface area (TPSA) is 69.7 Å². The van der Waals surface area contributed by atoms with Crippen molar-refractivity contribution in [2.24, 2.45) is 0 Å². The maximum atomic E-state index is 13.0. The molecule has 190 valence electrons. The lowest BCUT2D eigenvalue weighted by atomic mass is 10.1. The summed E-state index contributed by atoms with van der Waals surface area (Å²) in [6.07, 6.45) is -4.55. The molecule has 0 bridgehead atoms. The maximum absolute atomic E-state index is 13.0. The Morgan fingerprint density at radius 3 is 2.17 bits per heavy atom. The number of hydrogen-bond donors (Lipinski definition) is 1. The van der Waals surface area contributed by atoms with Crippen LogP contribution < -0.4 is 5.32 Å². The Morgan fingerprint density at radius 1 is 0.917 bits per heavy atom. The molecule has 3 aromatic carbocycles. The first-order valence-corrected chi connectivity index (χ1v) is 12.9. The Labute approximate surface area is 212 Å². The van der Waals surface area contributed by atoms with Gasteiger partial charge in [0.1, 0.15) is 0 Å². The zero-order valence-corrected chi connectivity index (χ0v) is 20.6.